The topological polar surface area (TPSA) is 54.9 Å². The predicted molar refractivity (Wildman–Crippen MR) is 126 cm³/mol. The molecule has 0 radical (unpaired) electrons. The summed E-state index contributed by atoms with van der Waals surface area (Å²) in [5.74, 6) is 0.219. The smallest absolute Gasteiger partial charge is 0.234 e. The zero-order valence-electron chi connectivity index (χ0n) is 16.5. The second-order valence-electron chi connectivity index (χ2n) is 6.70. The Hall–Kier alpha value is -2.83. The van der Waals surface area contributed by atoms with Crippen molar-refractivity contribution in [3.63, 3.8) is 0 Å². The van der Waals surface area contributed by atoms with Crippen LogP contribution in [0.5, 0.6) is 0 Å². The SMILES string of the molecule is CSc1cccc(NC(=O)CSc2nc3ccccc3nc2Cc2ccccc2)c1. The first-order valence-corrected chi connectivity index (χ1v) is 11.8. The van der Waals surface area contributed by atoms with E-state index in [9.17, 15) is 4.79 Å². The van der Waals surface area contributed by atoms with E-state index < -0.39 is 0 Å². The Balaban J connectivity index is 1.53. The number of amides is 1. The first-order chi connectivity index (χ1) is 14.7. The average molecular weight is 432 g/mol. The van der Waals surface area contributed by atoms with Crippen LogP contribution in [0.2, 0.25) is 0 Å². The largest absolute Gasteiger partial charge is 0.325 e. The summed E-state index contributed by atoms with van der Waals surface area (Å²) < 4.78 is 0. The molecule has 6 heteroatoms. The molecule has 4 nitrogen and oxygen atoms in total. The van der Waals surface area contributed by atoms with Gasteiger partial charge in [-0.15, -0.1) is 11.8 Å². The molecule has 0 spiro atoms. The number of hydrogen-bond acceptors (Lipinski definition) is 5. The van der Waals surface area contributed by atoms with Gasteiger partial charge in [-0.1, -0.05) is 60.3 Å². The number of rotatable bonds is 7. The summed E-state index contributed by atoms with van der Waals surface area (Å²) in [6.07, 6.45) is 2.70. The van der Waals surface area contributed by atoms with E-state index in [1.54, 1.807) is 11.8 Å². The van der Waals surface area contributed by atoms with E-state index in [0.29, 0.717) is 6.42 Å². The van der Waals surface area contributed by atoms with E-state index in [4.69, 9.17) is 9.97 Å². The van der Waals surface area contributed by atoms with Gasteiger partial charge >= 0.3 is 0 Å². The van der Waals surface area contributed by atoms with Gasteiger partial charge in [0.25, 0.3) is 0 Å². The Morgan fingerprint density at radius 1 is 0.900 bits per heavy atom. The summed E-state index contributed by atoms with van der Waals surface area (Å²) in [5, 5.41) is 3.77. The van der Waals surface area contributed by atoms with Gasteiger partial charge in [0, 0.05) is 17.0 Å². The zero-order valence-corrected chi connectivity index (χ0v) is 18.2. The molecule has 1 aromatic heterocycles. The molecule has 0 atom stereocenters. The number of fused-ring (bicyclic) bond motifs is 1. The van der Waals surface area contributed by atoms with Crippen LogP contribution in [0.4, 0.5) is 5.69 Å². The van der Waals surface area contributed by atoms with Crippen LogP contribution >= 0.6 is 23.5 Å². The van der Waals surface area contributed by atoms with E-state index in [2.05, 4.69) is 17.4 Å². The second-order valence-corrected chi connectivity index (χ2v) is 8.54. The normalized spacial score (nSPS) is 10.8. The molecule has 0 saturated carbocycles. The van der Waals surface area contributed by atoms with Crippen molar-refractivity contribution in [1.82, 2.24) is 9.97 Å². The fourth-order valence-electron chi connectivity index (χ4n) is 3.07. The molecule has 4 rings (SSSR count). The van der Waals surface area contributed by atoms with Crippen molar-refractivity contribution in [3.8, 4) is 0 Å². The van der Waals surface area contributed by atoms with Crippen LogP contribution in [0.1, 0.15) is 11.3 Å². The van der Waals surface area contributed by atoms with Crippen LogP contribution < -0.4 is 5.32 Å². The highest BCUT2D eigenvalue weighted by atomic mass is 32.2. The van der Waals surface area contributed by atoms with Crippen molar-refractivity contribution >= 4 is 46.2 Å². The van der Waals surface area contributed by atoms with Crippen LogP contribution in [0, 0.1) is 0 Å². The van der Waals surface area contributed by atoms with E-state index in [-0.39, 0.29) is 11.7 Å². The van der Waals surface area contributed by atoms with Crippen molar-refractivity contribution in [1.29, 1.82) is 0 Å². The number of carbonyl (C=O) groups excluding carboxylic acids is 1. The fourth-order valence-corrected chi connectivity index (χ4v) is 4.32. The first kappa shape index (κ1) is 20.4. The van der Waals surface area contributed by atoms with Crippen LogP contribution in [0.3, 0.4) is 0 Å². The van der Waals surface area contributed by atoms with Gasteiger partial charge in [0.2, 0.25) is 5.91 Å². The van der Waals surface area contributed by atoms with Crippen LogP contribution in [0.25, 0.3) is 11.0 Å². The number of para-hydroxylation sites is 2. The number of anilines is 1. The Bertz CT molecular complexity index is 1170. The standard InChI is InChI=1S/C24H21N3OS2/c1-29-19-11-7-10-18(15-19)25-23(28)16-30-24-22(14-17-8-3-2-4-9-17)26-20-12-5-6-13-21(20)27-24/h2-13,15H,14,16H2,1H3,(H,25,28). The second kappa shape index (κ2) is 9.78. The molecule has 0 unspecified atom stereocenters. The molecule has 150 valence electrons. The van der Waals surface area contributed by atoms with Gasteiger partial charge in [-0.2, -0.15) is 0 Å². The van der Waals surface area contributed by atoms with Crippen LogP contribution in [-0.4, -0.2) is 27.9 Å². The number of nitrogens with one attached hydrogen (secondary N) is 1. The molecule has 4 aromatic rings. The Morgan fingerprint density at radius 2 is 1.63 bits per heavy atom. The Labute approximate surface area is 184 Å². The van der Waals surface area contributed by atoms with E-state index >= 15 is 0 Å². The van der Waals surface area contributed by atoms with E-state index in [1.165, 1.54) is 17.3 Å². The highest BCUT2D eigenvalue weighted by molar-refractivity contribution is 8.00. The highest BCUT2D eigenvalue weighted by Gasteiger charge is 2.13. The molecule has 1 N–H and O–H groups in total. The molecule has 0 aliphatic rings. The lowest BCUT2D eigenvalue weighted by Crippen LogP contribution is -2.14. The lowest BCUT2D eigenvalue weighted by Gasteiger charge is -2.10. The number of benzene rings is 3. The number of aromatic nitrogens is 2. The van der Waals surface area contributed by atoms with Crippen molar-refractivity contribution < 1.29 is 4.79 Å². The third kappa shape index (κ3) is 5.20. The average Bonchev–Trinajstić information content (AvgIpc) is 2.78. The third-order valence-corrected chi connectivity index (χ3v) is 6.25. The minimum atomic E-state index is -0.0566. The number of nitrogens with zero attached hydrogens (tertiary/aromatic N) is 2. The van der Waals surface area contributed by atoms with Crippen LogP contribution in [0.15, 0.2) is 88.8 Å². The van der Waals surface area contributed by atoms with Gasteiger partial charge in [-0.25, -0.2) is 9.97 Å². The summed E-state index contributed by atoms with van der Waals surface area (Å²) in [4.78, 5) is 23.3. The van der Waals surface area contributed by atoms with Gasteiger partial charge in [0.1, 0.15) is 5.03 Å². The predicted octanol–water partition coefficient (Wildman–Crippen LogP) is 5.67. The van der Waals surface area contributed by atoms with Gasteiger partial charge in [-0.3, -0.25) is 4.79 Å². The van der Waals surface area contributed by atoms with Gasteiger partial charge in [0.05, 0.1) is 22.5 Å². The Morgan fingerprint density at radius 3 is 2.40 bits per heavy atom. The van der Waals surface area contributed by atoms with Gasteiger partial charge in [0.15, 0.2) is 0 Å². The van der Waals surface area contributed by atoms with Crippen molar-refractivity contribution in [3.05, 3.63) is 90.1 Å². The molecular weight excluding hydrogens is 410 g/mol. The molecule has 30 heavy (non-hydrogen) atoms. The lowest BCUT2D eigenvalue weighted by molar-refractivity contribution is -0.113. The molecule has 3 aromatic carbocycles. The molecule has 0 aliphatic heterocycles. The lowest BCUT2D eigenvalue weighted by atomic mass is 10.1. The molecule has 0 aliphatic carbocycles. The van der Waals surface area contributed by atoms with Crippen molar-refractivity contribution in [2.75, 3.05) is 17.3 Å². The Kier molecular flexibility index (Phi) is 6.67. The minimum absolute atomic E-state index is 0.0566. The van der Waals surface area contributed by atoms with Gasteiger partial charge in [-0.05, 0) is 42.2 Å². The van der Waals surface area contributed by atoms with E-state index in [1.807, 2.05) is 73.0 Å². The summed E-state index contributed by atoms with van der Waals surface area (Å²) >= 11 is 3.08. The first-order valence-electron chi connectivity index (χ1n) is 9.57. The minimum Gasteiger partial charge on any atom is -0.325 e. The summed E-state index contributed by atoms with van der Waals surface area (Å²) in [5.41, 5.74) is 4.57. The zero-order chi connectivity index (χ0) is 20.8. The summed E-state index contributed by atoms with van der Waals surface area (Å²) in [6.45, 7) is 0. The third-order valence-electron chi connectivity index (χ3n) is 4.51. The van der Waals surface area contributed by atoms with Crippen molar-refractivity contribution in [2.24, 2.45) is 0 Å². The number of hydrogen-bond donors (Lipinski definition) is 1. The van der Waals surface area contributed by atoms with Crippen molar-refractivity contribution in [2.45, 2.75) is 16.3 Å². The molecule has 1 heterocycles. The maximum Gasteiger partial charge on any atom is 0.234 e. The molecule has 0 fully saturated rings. The number of thioether (sulfide) groups is 2. The summed E-state index contributed by atoms with van der Waals surface area (Å²) in [6, 6.07) is 25.9. The van der Waals surface area contributed by atoms with E-state index in [0.717, 1.165) is 32.3 Å². The maximum atomic E-state index is 12.5. The number of carbonyl (C=O) groups is 1. The molecule has 0 bridgehead atoms. The monoisotopic (exact) mass is 431 g/mol. The quantitative estimate of drug-likeness (QED) is 0.382. The highest BCUT2D eigenvalue weighted by Crippen LogP contribution is 2.25. The summed E-state index contributed by atoms with van der Waals surface area (Å²) in [7, 11) is 0. The maximum absolute atomic E-state index is 12.5. The molecule has 1 amide bonds. The fraction of sp³-hybridized carbons (Fsp3) is 0.125. The van der Waals surface area contributed by atoms with Crippen LogP contribution in [-0.2, 0) is 11.2 Å². The van der Waals surface area contributed by atoms with Gasteiger partial charge < -0.3 is 5.32 Å². The molecule has 0 saturated heterocycles. The molecular formula is C24H21N3OS2.